The van der Waals surface area contributed by atoms with E-state index in [1.807, 2.05) is 0 Å². The van der Waals surface area contributed by atoms with Crippen LogP contribution in [0.25, 0.3) is 0 Å². The van der Waals surface area contributed by atoms with E-state index >= 15 is 0 Å². The highest BCUT2D eigenvalue weighted by atomic mass is 19.4. The molecule has 0 fully saturated rings. The molecule has 1 N–H and O–H groups in total. The Morgan fingerprint density at radius 3 is 2.05 bits per heavy atom. The third-order valence-electron chi connectivity index (χ3n) is 1.06. The van der Waals surface area contributed by atoms with Crippen molar-refractivity contribution in [2.45, 2.75) is 26.1 Å². The average molecular weight is 298 g/mol. The minimum absolute atomic E-state index is 0.0333. The first kappa shape index (κ1) is 19.5. The summed E-state index contributed by atoms with van der Waals surface area (Å²) in [4.78, 5) is 19.4. The molecule has 0 saturated heterocycles. The van der Waals surface area contributed by atoms with Crippen molar-refractivity contribution in [1.82, 2.24) is 0 Å². The van der Waals surface area contributed by atoms with Crippen molar-refractivity contribution in [3.8, 4) is 0 Å². The molecule has 0 rings (SSSR count). The largest absolute Gasteiger partial charge is 0.512 e. The van der Waals surface area contributed by atoms with Crippen LogP contribution < -0.4 is 0 Å². The van der Waals surface area contributed by atoms with Gasteiger partial charge in [-0.15, -0.1) is 0 Å². The predicted molar refractivity (Wildman–Crippen MR) is 48.8 cm³/mol. The second kappa shape index (κ2) is 10.1. The molecule has 0 heterocycles. The van der Waals surface area contributed by atoms with Gasteiger partial charge in [0.05, 0.1) is 13.0 Å². The van der Waals surface area contributed by atoms with Gasteiger partial charge < -0.3 is 19.3 Å². The minimum atomic E-state index is -4.35. The summed E-state index contributed by atoms with van der Waals surface area (Å²) in [6, 6.07) is 0. The van der Waals surface area contributed by atoms with Crippen LogP contribution in [0.15, 0.2) is 0 Å². The second-order valence-corrected chi connectivity index (χ2v) is 2.54. The van der Waals surface area contributed by atoms with Gasteiger partial charge in [-0.2, -0.15) is 22.0 Å². The number of rotatable bonds is 4. The topological polar surface area (TPSA) is 82.1 Å². The van der Waals surface area contributed by atoms with Crippen LogP contribution in [0.2, 0.25) is 0 Å². The lowest BCUT2D eigenvalue weighted by Gasteiger charge is -2.03. The van der Waals surface area contributed by atoms with Gasteiger partial charge in [-0.05, 0) is 6.92 Å². The van der Waals surface area contributed by atoms with Crippen LogP contribution >= 0.6 is 0 Å². The fourth-order valence-electron chi connectivity index (χ4n) is 0.479. The number of alkyl halides is 5. The molecule has 0 aliphatic heterocycles. The van der Waals surface area contributed by atoms with E-state index in [1.165, 1.54) is 6.92 Å². The van der Waals surface area contributed by atoms with Crippen molar-refractivity contribution in [3.63, 3.8) is 0 Å². The molecule has 0 unspecified atom stereocenters. The summed E-state index contributed by atoms with van der Waals surface area (Å²) in [6.45, 7) is -2.40. The van der Waals surface area contributed by atoms with E-state index in [4.69, 9.17) is 5.11 Å². The van der Waals surface area contributed by atoms with E-state index in [2.05, 4.69) is 14.2 Å². The molecule has 0 aromatic heterocycles. The van der Waals surface area contributed by atoms with Crippen LogP contribution in [-0.2, 0) is 14.2 Å². The summed E-state index contributed by atoms with van der Waals surface area (Å²) in [6.07, 6.45) is -8.62. The van der Waals surface area contributed by atoms with E-state index in [-0.39, 0.29) is 6.61 Å². The third kappa shape index (κ3) is 21.9. The smallest absolute Gasteiger partial charge is 0.450 e. The third-order valence-corrected chi connectivity index (χ3v) is 1.06. The molecule has 0 aliphatic rings. The number of halogens is 5. The van der Waals surface area contributed by atoms with Gasteiger partial charge in [0.25, 0.3) is 0 Å². The van der Waals surface area contributed by atoms with E-state index in [0.29, 0.717) is 0 Å². The second-order valence-electron chi connectivity index (χ2n) is 2.54. The fourth-order valence-corrected chi connectivity index (χ4v) is 0.479. The van der Waals surface area contributed by atoms with Crippen molar-refractivity contribution in [2.24, 2.45) is 0 Å². The lowest BCUT2D eigenvalue weighted by Crippen LogP contribution is -2.13. The van der Waals surface area contributed by atoms with Crippen LogP contribution in [-0.4, -0.2) is 43.4 Å². The highest BCUT2D eigenvalue weighted by Crippen LogP contribution is 2.18. The molecule has 0 aliphatic carbocycles. The SMILES string of the molecule is CCOC(=O)OC(F)F.O=C(O)OCCC(F)(F)F. The summed E-state index contributed by atoms with van der Waals surface area (Å²) >= 11 is 0. The Labute approximate surface area is 104 Å². The average Bonchev–Trinajstić information content (AvgIpc) is 2.14. The fraction of sp³-hybridized carbons (Fsp3) is 0.750. The van der Waals surface area contributed by atoms with Gasteiger partial charge in [0.15, 0.2) is 0 Å². The zero-order valence-corrected chi connectivity index (χ0v) is 9.58. The van der Waals surface area contributed by atoms with Gasteiger partial charge in [-0.25, -0.2) is 9.59 Å². The van der Waals surface area contributed by atoms with Gasteiger partial charge in [0, 0.05) is 0 Å². The van der Waals surface area contributed by atoms with Crippen LogP contribution in [0.4, 0.5) is 31.5 Å². The maximum atomic E-state index is 11.2. The minimum Gasteiger partial charge on any atom is -0.450 e. The Kier molecular flexibility index (Phi) is 10.4. The predicted octanol–water partition coefficient (Wildman–Crippen LogP) is 3.02. The Balaban J connectivity index is 0. The van der Waals surface area contributed by atoms with Gasteiger partial charge in [-0.1, -0.05) is 0 Å². The molecule has 0 aromatic rings. The highest BCUT2D eigenvalue weighted by molar-refractivity contribution is 5.59. The van der Waals surface area contributed by atoms with Crippen molar-refractivity contribution >= 4 is 12.3 Å². The normalized spacial score (nSPS) is 10.3. The summed E-state index contributed by atoms with van der Waals surface area (Å²) in [7, 11) is 0. The molecular weight excluding hydrogens is 287 g/mol. The zero-order valence-electron chi connectivity index (χ0n) is 9.58. The number of carbonyl (C=O) groups excluding carboxylic acids is 1. The monoisotopic (exact) mass is 298 g/mol. The molecule has 0 atom stereocenters. The molecule has 0 aromatic carbocycles. The summed E-state index contributed by atoms with van der Waals surface area (Å²) in [5.74, 6) is 0. The van der Waals surface area contributed by atoms with Gasteiger partial charge in [-0.3, -0.25) is 0 Å². The lowest BCUT2D eigenvalue weighted by atomic mass is 10.4. The summed E-state index contributed by atoms with van der Waals surface area (Å²) in [5, 5.41) is 7.72. The van der Waals surface area contributed by atoms with Gasteiger partial charge in [0.2, 0.25) is 0 Å². The Morgan fingerprint density at radius 1 is 1.21 bits per heavy atom. The van der Waals surface area contributed by atoms with Crippen LogP contribution in [0.5, 0.6) is 0 Å². The first-order valence-corrected chi connectivity index (χ1v) is 4.62. The molecule has 0 saturated carbocycles. The quantitative estimate of drug-likeness (QED) is 0.634. The summed E-state index contributed by atoms with van der Waals surface area (Å²) < 4.78 is 66.8. The highest BCUT2D eigenvalue weighted by Gasteiger charge is 2.27. The Bertz CT molecular complexity index is 267. The van der Waals surface area contributed by atoms with Crippen LogP contribution in [0, 0.1) is 0 Å². The van der Waals surface area contributed by atoms with Crippen LogP contribution in [0.3, 0.4) is 0 Å². The van der Waals surface area contributed by atoms with Gasteiger partial charge >= 0.3 is 25.1 Å². The molecule has 114 valence electrons. The molecule has 0 amide bonds. The maximum Gasteiger partial charge on any atom is 0.512 e. The van der Waals surface area contributed by atoms with Crippen molar-refractivity contribution in [3.05, 3.63) is 0 Å². The standard InChI is InChI=1S/C4H5F3O3.C4H6F2O3/c5-4(6,7)1-2-10-3(8)9;1-2-8-4(7)9-3(5)6/h1-2H2,(H,8,9);3H,2H2,1H3. The number of ether oxygens (including phenoxy) is 3. The van der Waals surface area contributed by atoms with E-state index < -0.39 is 38.1 Å². The van der Waals surface area contributed by atoms with Crippen molar-refractivity contribution < 1.29 is 50.9 Å². The van der Waals surface area contributed by atoms with Crippen molar-refractivity contribution in [2.75, 3.05) is 13.2 Å². The molecule has 0 radical (unpaired) electrons. The number of carbonyl (C=O) groups is 2. The number of hydrogen-bond acceptors (Lipinski definition) is 5. The van der Waals surface area contributed by atoms with E-state index in [9.17, 15) is 31.5 Å². The first-order chi connectivity index (χ1) is 8.58. The van der Waals surface area contributed by atoms with Crippen molar-refractivity contribution in [1.29, 1.82) is 0 Å². The lowest BCUT2D eigenvalue weighted by molar-refractivity contribution is -0.142. The first-order valence-electron chi connectivity index (χ1n) is 4.62. The Hall–Kier alpha value is -1.81. The van der Waals surface area contributed by atoms with E-state index in [1.54, 1.807) is 0 Å². The zero-order chi connectivity index (χ0) is 15.5. The molecule has 0 spiro atoms. The maximum absolute atomic E-state index is 11.2. The Morgan fingerprint density at radius 2 is 1.74 bits per heavy atom. The molecule has 19 heavy (non-hydrogen) atoms. The molecular formula is C8H11F5O6. The number of hydrogen-bond donors (Lipinski definition) is 1. The molecule has 11 heteroatoms. The number of carboxylic acid groups (broad SMARTS) is 1. The van der Waals surface area contributed by atoms with E-state index in [0.717, 1.165) is 0 Å². The van der Waals surface area contributed by atoms with Crippen LogP contribution in [0.1, 0.15) is 13.3 Å². The molecule has 0 bridgehead atoms. The van der Waals surface area contributed by atoms with Gasteiger partial charge in [0.1, 0.15) is 6.61 Å². The summed E-state index contributed by atoms with van der Waals surface area (Å²) in [5.41, 5.74) is 0. The molecule has 6 nitrogen and oxygen atoms in total.